The molecule has 3 heterocycles. The second-order valence-corrected chi connectivity index (χ2v) is 5.81. The summed E-state index contributed by atoms with van der Waals surface area (Å²) in [7, 11) is 0. The lowest BCUT2D eigenvalue weighted by atomic mass is 10.3. The molecule has 20 heavy (non-hydrogen) atoms. The molecular formula is C14H23N5O. The molecule has 0 spiro atoms. The molecule has 0 aliphatic carbocycles. The van der Waals surface area contributed by atoms with Gasteiger partial charge in [0.25, 0.3) is 0 Å². The SMILES string of the molecule is [O-][N+]1(CCN2CCN(c3ncccn3)CC2)CCCC1. The standard InChI is InChI=1S/C14H23N5O/c20-19(11-1-2-12-19)13-10-17-6-8-18(9-7-17)14-15-4-3-5-16-14/h3-5H,1-2,6-13H2. The van der Waals surface area contributed by atoms with Crippen molar-refractivity contribution in [3.05, 3.63) is 23.7 Å². The van der Waals surface area contributed by atoms with Crippen LogP contribution in [0.5, 0.6) is 0 Å². The number of hydrogen-bond donors (Lipinski definition) is 0. The van der Waals surface area contributed by atoms with Gasteiger partial charge in [0.2, 0.25) is 5.95 Å². The fourth-order valence-electron chi connectivity index (χ4n) is 3.08. The Labute approximate surface area is 120 Å². The molecule has 6 nitrogen and oxygen atoms in total. The van der Waals surface area contributed by atoms with Gasteiger partial charge in [-0.1, -0.05) is 0 Å². The van der Waals surface area contributed by atoms with Crippen LogP contribution in [-0.2, 0) is 0 Å². The zero-order valence-electron chi connectivity index (χ0n) is 11.9. The van der Waals surface area contributed by atoms with E-state index in [4.69, 9.17) is 0 Å². The van der Waals surface area contributed by atoms with Gasteiger partial charge in [-0.25, -0.2) is 9.97 Å². The fourth-order valence-corrected chi connectivity index (χ4v) is 3.08. The lowest BCUT2D eigenvalue weighted by molar-refractivity contribution is -0.867. The van der Waals surface area contributed by atoms with Crippen molar-refractivity contribution in [2.45, 2.75) is 12.8 Å². The van der Waals surface area contributed by atoms with Crippen LogP contribution in [0.25, 0.3) is 0 Å². The molecular weight excluding hydrogens is 254 g/mol. The van der Waals surface area contributed by atoms with Crippen LogP contribution >= 0.6 is 0 Å². The van der Waals surface area contributed by atoms with Gasteiger partial charge in [-0.15, -0.1) is 0 Å². The first-order chi connectivity index (χ1) is 9.75. The molecule has 1 aromatic rings. The van der Waals surface area contributed by atoms with Gasteiger partial charge in [0.1, 0.15) is 0 Å². The van der Waals surface area contributed by atoms with Crippen molar-refractivity contribution < 1.29 is 4.65 Å². The summed E-state index contributed by atoms with van der Waals surface area (Å²) < 4.78 is 0.0298. The Hall–Kier alpha value is -1.24. The van der Waals surface area contributed by atoms with Crippen LogP contribution in [0.4, 0.5) is 5.95 Å². The van der Waals surface area contributed by atoms with E-state index in [9.17, 15) is 5.21 Å². The van der Waals surface area contributed by atoms with Gasteiger partial charge in [0.05, 0.1) is 19.6 Å². The van der Waals surface area contributed by atoms with Crippen LogP contribution in [0.1, 0.15) is 12.8 Å². The minimum absolute atomic E-state index is 0.0298. The average molecular weight is 277 g/mol. The highest BCUT2D eigenvalue weighted by molar-refractivity contribution is 5.29. The van der Waals surface area contributed by atoms with Crippen molar-refractivity contribution in [2.24, 2.45) is 0 Å². The predicted molar refractivity (Wildman–Crippen MR) is 78.1 cm³/mol. The van der Waals surface area contributed by atoms with Gasteiger partial charge in [-0.2, -0.15) is 0 Å². The average Bonchev–Trinajstić information content (AvgIpc) is 2.94. The molecule has 0 aromatic carbocycles. The van der Waals surface area contributed by atoms with E-state index < -0.39 is 0 Å². The Kier molecular flexibility index (Phi) is 4.14. The number of aromatic nitrogens is 2. The molecule has 0 atom stereocenters. The lowest BCUT2D eigenvalue weighted by Gasteiger charge is -2.41. The molecule has 2 aliphatic heterocycles. The Morgan fingerprint density at radius 3 is 2.35 bits per heavy atom. The van der Waals surface area contributed by atoms with Gasteiger partial charge in [0, 0.05) is 58.0 Å². The Morgan fingerprint density at radius 2 is 1.70 bits per heavy atom. The van der Waals surface area contributed by atoms with E-state index >= 15 is 0 Å². The van der Waals surface area contributed by atoms with Gasteiger partial charge in [-0.3, -0.25) is 4.90 Å². The largest absolute Gasteiger partial charge is 0.633 e. The number of piperazine rings is 1. The fraction of sp³-hybridized carbons (Fsp3) is 0.714. The van der Waals surface area contributed by atoms with Crippen LogP contribution in [0.15, 0.2) is 18.5 Å². The van der Waals surface area contributed by atoms with Crippen molar-refractivity contribution in [2.75, 3.05) is 57.3 Å². The zero-order chi connectivity index (χ0) is 13.8. The van der Waals surface area contributed by atoms with Crippen molar-refractivity contribution in [3.8, 4) is 0 Å². The quantitative estimate of drug-likeness (QED) is 0.599. The van der Waals surface area contributed by atoms with E-state index in [-0.39, 0.29) is 4.65 Å². The molecule has 2 saturated heterocycles. The first-order valence-electron chi connectivity index (χ1n) is 7.57. The minimum atomic E-state index is 0.0298. The molecule has 2 fully saturated rings. The van der Waals surface area contributed by atoms with Crippen LogP contribution in [0.2, 0.25) is 0 Å². The van der Waals surface area contributed by atoms with Gasteiger partial charge >= 0.3 is 0 Å². The number of rotatable bonds is 4. The first-order valence-corrected chi connectivity index (χ1v) is 7.57. The topological polar surface area (TPSA) is 55.3 Å². The third kappa shape index (κ3) is 3.26. The molecule has 0 bridgehead atoms. The summed E-state index contributed by atoms with van der Waals surface area (Å²) in [6.07, 6.45) is 5.77. The summed E-state index contributed by atoms with van der Waals surface area (Å²) >= 11 is 0. The van der Waals surface area contributed by atoms with E-state index in [1.54, 1.807) is 12.4 Å². The summed E-state index contributed by atoms with van der Waals surface area (Å²) in [6.45, 7) is 7.20. The normalized spacial score (nSPS) is 23.1. The summed E-state index contributed by atoms with van der Waals surface area (Å²) in [5.41, 5.74) is 0. The smallest absolute Gasteiger partial charge is 0.225 e. The van der Waals surface area contributed by atoms with Gasteiger partial charge in [0.15, 0.2) is 0 Å². The van der Waals surface area contributed by atoms with Crippen molar-refractivity contribution in [1.29, 1.82) is 0 Å². The van der Waals surface area contributed by atoms with E-state index in [2.05, 4.69) is 19.8 Å². The summed E-state index contributed by atoms with van der Waals surface area (Å²) in [6, 6.07) is 1.84. The summed E-state index contributed by atoms with van der Waals surface area (Å²) in [5.74, 6) is 0.819. The highest BCUT2D eigenvalue weighted by Gasteiger charge is 2.25. The Balaban J connectivity index is 1.44. The third-order valence-electron chi connectivity index (χ3n) is 4.41. The highest BCUT2D eigenvalue weighted by atomic mass is 16.5. The van der Waals surface area contributed by atoms with Crippen LogP contribution in [0.3, 0.4) is 0 Å². The molecule has 3 rings (SSSR count). The molecule has 0 radical (unpaired) electrons. The maximum absolute atomic E-state index is 12.3. The number of likely N-dealkylation sites (tertiary alicyclic amines) is 1. The van der Waals surface area contributed by atoms with Gasteiger partial charge < -0.3 is 14.8 Å². The molecule has 2 aliphatic rings. The van der Waals surface area contributed by atoms with Crippen LogP contribution < -0.4 is 4.90 Å². The molecule has 0 amide bonds. The number of nitrogens with zero attached hydrogens (tertiary/aromatic N) is 5. The maximum Gasteiger partial charge on any atom is 0.225 e. The van der Waals surface area contributed by atoms with Crippen molar-refractivity contribution >= 4 is 5.95 Å². The van der Waals surface area contributed by atoms with Gasteiger partial charge in [-0.05, 0) is 6.07 Å². The zero-order valence-corrected chi connectivity index (χ0v) is 11.9. The minimum Gasteiger partial charge on any atom is -0.633 e. The molecule has 6 heteroatoms. The molecule has 0 unspecified atom stereocenters. The third-order valence-corrected chi connectivity index (χ3v) is 4.41. The highest BCUT2D eigenvalue weighted by Crippen LogP contribution is 2.17. The Morgan fingerprint density at radius 1 is 1.05 bits per heavy atom. The number of quaternary nitrogens is 1. The monoisotopic (exact) mass is 277 g/mol. The van der Waals surface area contributed by atoms with E-state index in [0.717, 1.165) is 71.1 Å². The number of hydroxylamine groups is 3. The summed E-state index contributed by atoms with van der Waals surface area (Å²) in [5, 5.41) is 12.3. The van der Waals surface area contributed by atoms with Crippen molar-refractivity contribution in [3.63, 3.8) is 0 Å². The molecule has 0 N–H and O–H groups in total. The van der Waals surface area contributed by atoms with Crippen LogP contribution in [-0.4, -0.2) is 71.9 Å². The number of anilines is 1. The Bertz CT molecular complexity index is 413. The van der Waals surface area contributed by atoms with E-state index in [1.807, 2.05) is 6.07 Å². The maximum atomic E-state index is 12.3. The lowest BCUT2D eigenvalue weighted by Crippen LogP contribution is -2.51. The number of hydrogen-bond acceptors (Lipinski definition) is 5. The first kappa shape index (κ1) is 13.7. The van der Waals surface area contributed by atoms with Crippen molar-refractivity contribution in [1.82, 2.24) is 14.9 Å². The predicted octanol–water partition coefficient (Wildman–Crippen LogP) is 0.707. The molecule has 110 valence electrons. The van der Waals surface area contributed by atoms with E-state index in [1.165, 1.54) is 0 Å². The van der Waals surface area contributed by atoms with Crippen LogP contribution in [0, 0.1) is 5.21 Å². The molecule has 0 saturated carbocycles. The second-order valence-electron chi connectivity index (χ2n) is 5.81. The second kappa shape index (κ2) is 6.03. The molecule has 1 aromatic heterocycles. The summed E-state index contributed by atoms with van der Waals surface area (Å²) in [4.78, 5) is 13.2. The van der Waals surface area contributed by atoms with E-state index in [0.29, 0.717) is 0 Å².